The molecule has 1 aliphatic rings. The van der Waals surface area contributed by atoms with Gasteiger partial charge in [-0.2, -0.15) is 0 Å². The second-order valence-corrected chi connectivity index (χ2v) is 8.84. The number of hydrogen-bond donors (Lipinski definition) is 3. The highest BCUT2D eigenvalue weighted by Crippen LogP contribution is 2.30. The SMILES string of the molecule is CN[C@@H]1CCC[C@H](Nc2nc(-c3c[nH]c4c(F)cc(F)cc34)ncc2F)C1.Cc1ncn(C)c1C=O. The lowest BCUT2D eigenvalue weighted by Gasteiger charge is -2.29. The zero-order valence-electron chi connectivity index (χ0n) is 20.3. The van der Waals surface area contributed by atoms with Gasteiger partial charge in [0.05, 0.1) is 23.7 Å². The van der Waals surface area contributed by atoms with E-state index in [2.05, 4.69) is 30.6 Å². The van der Waals surface area contributed by atoms with Crippen LogP contribution in [0.2, 0.25) is 0 Å². The van der Waals surface area contributed by atoms with Gasteiger partial charge in [0.25, 0.3) is 0 Å². The van der Waals surface area contributed by atoms with E-state index in [0.29, 0.717) is 22.7 Å². The molecule has 0 spiro atoms. The minimum absolute atomic E-state index is 0.103. The zero-order valence-corrected chi connectivity index (χ0v) is 20.3. The summed E-state index contributed by atoms with van der Waals surface area (Å²) in [6.07, 6.45) is 8.96. The van der Waals surface area contributed by atoms with Gasteiger partial charge < -0.3 is 20.2 Å². The van der Waals surface area contributed by atoms with E-state index < -0.39 is 17.5 Å². The molecule has 4 aromatic rings. The van der Waals surface area contributed by atoms with Crippen LogP contribution in [-0.2, 0) is 7.05 Å². The molecule has 3 heterocycles. The lowest BCUT2D eigenvalue weighted by molar-refractivity contribution is 0.111. The molecule has 11 heteroatoms. The third-order valence-electron chi connectivity index (χ3n) is 6.40. The number of halogens is 3. The van der Waals surface area contributed by atoms with Crippen molar-refractivity contribution in [2.45, 2.75) is 44.7 Å². The van der Waals surface area contributed by atoms with Crippen molar-refractivity contribution in [3.05, 3.63) is 59.7 Å². The van der Waals surface area contributed by atoms with Gasteiger partial charge in [0, 0.05) is 42.3 Å². The molecule has 5 rings (SSSR count). The van der Waals surface area contributed by atoms with E-state index >= 15 is 0 Å². The van der Waals surface area contributed by atoms with Crippen molar-refractivity contribution in [2.75, 3.05) is 12.4 Å². The molecule has 0 amide bonds. The van der Waals surface area contributed by atoms with Crippen LogP contribution < -0.4 is 10.6 Å². The van der Waals surface area contributed by atoms with E-state index in [-0.39, 0.29) is 23.2 Å². The first kappa shape index (κ1) is 25.4. The van der Waals surface area contributed by atoms with Crippen molar-refractivity contribution in [1.82, 2.24) is 29.8 Å². The highest BCUT2D eigenvalue weighted by molar-refractivity contribution is 5.94. The van der Waals surface area contributed by atoms with Crippen LogP contribution in [0.25, 0.3) is 22.3 Å². The number of nitrogens with zero attached hydrogens (tertiary/aromatic N) is 4. The molecule has 1 aromatic carbocycles. The Balaban J connectivity index is 0.000000286. The van der Waals surface area contributed by atoms with E-state index in [1.807, 2.05) is 14.0 Å². The summed E-state index contributed by atoms with van der Waals surface area (Å²) in [5.74, 6) is -1.63. The monoisotopic (exact) mass is 499 g/mol. The second kappa shape index (κ2) is 10.9. The number of fused-ring (bicyclic) bond motifs is 1. The molecule has 0 radical (unpaired) electrons. The molecule has 1 fully saturated rings. The molecule has 190 valence electrons. The summed E-state index contributed by atoms with van der Waals surface area (Å²) >= 11 is 0. The van der Waals surface area contributed by atoms with Crippen molar-refractivity contribution < 1.29 is 18.0 Å². The minimum atomic E-state index is -0.697. The van der Waals surface area contributed by atoms with Crippen molar-refractivity contribution in [1.29, 1.82) is 0 Å². The molecule has 3 aromatic heterocycles. The summed E-state index contributed by atoms with van der Waals surface area (Å²) in [6.45, 7) is 1.81. The topological polar surface area (TPSA) is 101 Å². The van der Waals surface area contributed by atoms with Gasteiger partial charge in [-0.25, -0.2) is 28.1 Å². The van der Waals surface area contributed by atoms with Crippen molar-refractivity contribution in [2.24, 2.45) is 7.05 Å². The van der Waals surface area contributed by atoms with Gasteiger partial charge in [-0.15, -0.1) is 0 Å². The maximum Gasteiger partial charge on any atom is 0.183 e. The molecule has 0 bridgehead atoms. The third kappa shape index (κ3) is 5.40. The number of imidazole rings is 1. The number of nitrogens with one attached hydrogen (secondary N) is 3. The summed E-state index contributed by atoms with van der Waals surface area (Å²) in [4.78, 5) is 25.2. The predicted molar refractivity (Wildman–Crippen MR) is 131 cm³/mol. The van der Waals surface area contributed by atoms with Gasteiger partial charge in [-0.1, -0.05) is 0 Å². The number of aryl methyl sites for hydroxylation is 2. The summed E-state index contributed by atoms with van der Waals surface area (Å²) in [5.41, 5.74) is 2.02. The second-order valence-electron chi connectivity index (χ2n) is 8.84. The Morgan fingerprint density at radius 2 is 1.92 bits per heavy atom. The number of hydrogen-bond acceptors (Lipinski definition) is 6. The molecule has 3 N–H and O–H groups in total. The first-order valence-corrected chi connectivity index (χ1v) is 11.7. The maximum absolute atomic E-state index is 14.3. The van der Waals surface area contributed by atoms with Crippen LogP contribution in [0.4, 0.5) is 19.0 Å². The Labute approximate surface area is 206 Å². The van der Waals surface area contributed by atoms with Crippen molar-refractivity contribution in [3.8, 4) is 11.4 Å². The van der Waals surface area contributed by atoms with Gasteiger partial charge in [-0.3, -0.25) is 4.79 Å². The number of H-pyrrole nitrogens is 1. The first-order chi connectivity index (χ1) is 17.3. The van der Waals surface area contributed by atoms with Gasteiger partial charge in [0.1, 0.15) is 17.3 Å². The highest BCUT2D eigenvalue weighted by Gasteiger charge is 2.23. The van der Waals surface area contributed by atoms with Gasteiger partial charge >= 0.3 is 0 Å². The summed E-state index contributed by atoms with van der Waals surface area (Å²) in [6, 6.07) is 2.51. The minimum Gasteiger partial charge on any atom is -0.365 e. The normalized spacial score (nSPS) is 17.5. The fourth-order valence-corrected chi connectivity index (χ4v) is 4.44. The Morgan fingerprint density at radius 3 is 2.58 bits per heavy atom. The summed E-state index contributed by atoms with van der Waals surface area (Å²) in [5, 5.41) is 6.74. The number of aromatic nitrogens is 5. The fourth-order valence-electron chi connectivity index (χ4n) is 4.44. The molecule has 36 heavy (non-hydrogen) atoms. The molecule has 1 aliphatic carbocycles. The zero-order chi connectivity index (χ0) is 25.8. The van der Waals surface area contributed by atoms with Crippen LogP contribution in [-0.4, -0.2) is 49.9 Å². The largest absolute Gasteiger partial charge is 0.365 e. The smallest absolute Gasteiger partial charge is 0.183 e. The number of carbonyl (C=O) groups is 1. The standard InChI is InChI=1S/C19H20F3N5.C6H8N2O/c1-23-11-3-2-4-12(7-11)26-19-16(22)9-25-18(27-19)14-8-24-17-13(14)5-10(20)6-15(17)21;1-5-6(3-9)8(2)4-7-5/h5-6,8-9,11-12,23-24H,2-4,7H2,1H3,(H,25,26,27);3-4H,1-2H3/t11-,12+;/m1./s1. The van der Waals surface area contributed by atoms with Gasteiger partial charge in [0.15, 0.2) is 23.7 Å². The fraction of sp³-hybridized carbons (Fsp3) is 0.360. The number of anilines is 1. The van der Waals surface area contributed by atoms with E-state index in [1.165, 1.54) is 12.3 Å². The van der Waals surface area contributed by atoms with Crippen LogP contribution in [0.1, 0.15) is 41.9 Å². The van der Waals surface area contributed by atoms with Gasteiger partial charge in [-0.05, 0) is 45.7 Å². The molecule has 0 aliphatic heterocycles. The van der Waals surface area contributed by atoms with E-state index in [1.54, 1.807) is 17.9 Å². The molecule has 8 nitrogen and oxygen atoms in total. The average Bonchev–Trinajstić information content (AvgIpc) is 3.43. The molecule has 2 atom stereocenters. The lowest BCUT2D eigenvalue weighted by atomic mass is 9.91. The Kier molecular flexibility index (Phi) is 7.68. The van der Waals surface area contributed by atoms with Crippen LogP contribution in [0.5, 0.6) is 0 Å². The van der Waals surface area contributed by atoms with Crippen molar-refractivity contribution in [3.63, 3.8) is 0 Å². The Bertz CT molecular complexity index is 1350. The number of benzene rings is 1. The predicted octanol–water partition coefficient (Wildman–Crippen LogP) is 4.53. The number of aromatic amines is 1. The van der Waals surface area contributed by atoms with Crippen LogP contribution in [0.3, 0.4) is 0 Å². The Hall–Kier alpha value is -3.73. The van der Waals surface area contributed by atoms with Crippen LogP contribution in [0, 0.1) is 24.4 Å². The quantitative estimate of drug-likeness (QED) is 0.349. The van der Waals surface area contributed by atoms with E-state index in [9.17, 15) is 18.0 Å². The maximum atomic E-state index is 14.3. The summed E-state index contributed by atoms with van der Waals surface area (Å²) in [7, 11) is 3.72. The third-order valence-corrected chi connectivity index (χ3v) is 6.40. The van der Waals surface area contributed by atoms with E-state index in [0.717, 1.165) is 49.9 Å². The number of aldehydes is 1. The van der Waals surface area contributed by atoms with Crippen LogP contribution >= 0.6 is 0 Å². The summed E-state index contributed by atoms with van der Waals surface area (Å²) < 4.78 is 43.5. The van der Waals surface area contributed by atoms with E-state index in [4.69, 9.17) is 0 Å². The first-order valence-electron chi connectivity index (χ1n) is 11.7. The molecule has 0 unspecified atom stereocenters. The molecule has 1 saturated carbocycles. The lowest BCUT2D eigenvalue weighted by Crippen LogP contribution is -2.37. The number of carbonyl (C=O) groups excluding carboxylic acids is 1. The average molecular weight is 500 g/mol. The highest BCUT2D eigenvalue weighted by atomic mass is 19.1. The van der Waals surface area contributed by atoms with Gasteiger partial charge in [0.2, 0.25) is 0 Å². The van der Waals surface area contributed by atoms with Crippen molar-refractivity contribution >= 4 is 23.0 Å². The molecular weight excluding hydrogens is 471 g/mol. The Morgan fingerprint density at radius 1 is 1.14 bits per heavy atom. The molecular formula is C25H28F3N7O. The molecule has 0 saturated heterocycles. The number of rotatable bonds is 5. The van der Waals surface area contributed by atoms with Crippen LogP contribution in [0.15, 0.2) is 30.9 Å².